The molecule has 3 rings (SSSR count). The SMILES string of the molecule is CCCN1CCc2[nH]nc(-c3cc(OC)c(OCC)c([N+](=O)[O-])c3)c2C1. The maximum Gasteiger partial charge on any atom is 0.315 e. The average molecular weight is 360 g/mol. The van der Waals surface area contributed by atoms with E-state index in [1.807, 2.05) is 0 Å². The summed E-state index contributed by atoms with van der Waals surface area (Å²) < 4.78 is 10.8. The summed E-state index contributed by atoms with van der Waals surface area (Å²) in [5, 5.41) is 19.1. The van der Waals surface area contributed by atoms with Gasteiger partial charge < -0.3 is 9.47 Å². The van der Waals surface area contributed by atoms with Crippen LogP contribution in [0.2, 0.25) is 0 Å². The van der Waals surface area contributed by atoms with Gasteiger partial charge in [-0.3, -0.25) is 20.1 Å². The summed E-state index contributed by atoms with van der Waals surface area (Å²) in [5.41, 5.74) is 3.49. The van der Waals surface area contributed by atoms with E-state index in [0.29, 0.717) is 17.9 Å². The second-order valence-corrected chi connectivity index (χ2v) is 6.27. The Morgan fingerprint density at radius 3 is 2.85 bits per heavy atom. The molecule has 1 aliphatic rings. The normalized spacial score (nSPS) is 14.1. The van der Waals surface area contributed by atoms with E-state index in [0.717, 1.165) is 49.4 Å². The number of hydrogen-bond donors (Lipinski definition) is 1. The Bertz CT molecular complexity index is 803. The van der Waals surface area contributed by atoms with Gasteiger partial charge in [0.15, 0.2) is 5.75 Å². The highest BCUT2D eigenvalue weighted by Crippen LogP contribution is 2.42. The summed E-state index contributed by atoms with van der Waals surface area (Å²) in [6.07, 6.45) is 1.99. The molecule has 0 aliphatic carbocycles. The van der Waals surface area contributed by atoms with Crippen LogP contribution in [0, 0.1) is 10.1 Å². The quantitative estimate of drug-likeness (QED) is 0.602. The van der Waals surface area contributed by atoms with Crippen molar-refractivity contribution in [2.24, 2.45) is 0 Å². The Kier molecular flexibility index (Phi) is 5.41. The van der Waals surface area contributed by atoms with Crippen molar-refractivity contribution in [2.45, 2.75) is 33.2 Å². The molecule has 0 amide bonds. The van der Waals surface area contributed by atoms with Crippen molar-refractivity contribution in [3.63, 3.8) is 0 Å². The van der Waals surface area contributed by atoms with Crippen molar-refractivity contribution >= 4 is 5.69 Å². The monoisotopic (exact) mass is 360 g/mol. The fourth-order valence-electron chi connectivity index (χ4n) is 3.40. The first kappa shape index (κ1) is 18.2. The third kappa shape index (κ3) is 3.37. The molecule has 0 radical (unpaired) electrons. The van der Waals surface area contributed by atoms with Crippen LogP contribution in [0.1, 0.15) is 31.5 Å². The van der Waals surface area contributed by atoms with Crippen molar-refractivity contribution in [1.82, 2.24) is 15.1 Å². The molecule has 1 aromatic heterocycles. The van der Waals surface area contributed by atoms with Gasteiger partial charge in [-0.2, -0.15) is 5.10 Å². The molecule has 1 aliphatic heterocycles. The maximum atomic E-state index is 11.5. The number of fused-ring (bicyclic) bond motifs is 1. The number of rotatable bonds is 7. The summed E-state index contributed by atoms with van der Waals surface area (Å²) in [6, 6.07) is 3.27. The van der Waals surface area contributed by atoms with Gasteiger partial charge in [0.05, 0.1) is 24.3 Å². The van der Waals surface area contributed by atoms with Crippen LogP contribution < -0.4 is 9.47 Å². The molecule has 0 spiro atoms. The Labute approximate surface area is 152 Å². The molecule has 1 aromatic carbocycles. The van der Waals surface area contributed by atoms with Crippen LogP contribution in [-0.4, -0.2) is 46.8 Å². The molecule has 26 heavy (non-hydrogen) atoms. The van der Waals surface area contributed by atoms with Crippen molar-refractivity contribution in [3.8, 4) is 22.8 Å². The first-order chi connectivity index (χ1) is 12.6. The number of hydrogen-bond acceptors (Lipinski definition) is 6. The predicted molar refractivity (Wildman–Crippen MR) is 97.7 cm³/mol. The molecular weight excluding hydrogens is 336 g/mol. The lowest BCUT2D eigenvalue weighted by Crippen LogP contribution is -2.31. The Morgan fingerprint density at radius 2 is 2.19 bits per heavy atom. The van der Waals surface area contributed by atoms with Crippen LogP contribution in [0.4, 0.5) is 5.69 Å². The third-order valence-corrected chi connectivity index (χ3v) is 4.57. The summed E-state index contributed by atoms with van der Waals surface area (Å²) in [6.45, 7) is 7.07. The molecule has 0 fully saturated rings. The lowest BCUT2D eigenvalue weighted by molar-refractivity contribution is -0.385. The zero-order valence-corrected chi connectivity index (χ0v) is 15.4. The molecule has 2 aromatic rings. The summed E-state index contributed by atoms with van der Waals surface area (Å²) in [5.74, 6) is 0.495. The number of nitrogens with zero attached hydrogens (tertiary/aromatic N) is 3. The molecule has 140 valence electrons. The number of ether oxygens (including phenoxy) is 2. The Balaban J connectivity index is 2.07. The minimum Gasteiger partial charge on any atom is -0.493 e. The van der Waals surface area contributed by atoms with Crippen LogP contribution in [0.15, 0.2) is 12.1 Å². The van der Waals surface area contributed by atoms with Gasteiger partial charge >= 0.3 is 5.69 Å². The number of aromatic amines is 1. The fourth-order valence-corrected chi connectivity index (χ4v) is 3.40. The smallest absolute Gasteiger partial charge is 0.315 e. The van der Waals surface area contributed by atoms with E-state index in [9.17, 15) is 10.1 Å². The van der Waals surface area contributed by atoms with Crippen molar-refractivity contribution in [3.05, 3.63) is 33.5 Å². The second-order valence-electron chi connectivity index (χ2n) is 6.27. The highest BCUT2D eigenvalue weighted by molar-refractivity contribution is 5.73. The van der Waals surface area contributed by atoms with E-state index in [4.69, 9.17) is 9.47 Å². The number of methoxy groups -OCH3 is 1. The van der Waals surface area contributed by atoms with Gasteiger partial charge in [0, 0.05) is 42.4 Å². The largest absolute Gasteiger partial charge is 0.493 e. The van der Waals surface area contributed by atoms with Crippen LogP contribution in [-0.2, 0) is 13.0 Å². The number of benzene rings is 1. The number of nitro benzene ring substituents is 1. The summed E-state index contributed by atoms with van der Waals surface area (Å²) in [7, 11) is 1.48. The minimum atomic E-state index is -0.445. The van der Waals surface area contributed by atoms with Crippen LogP contribution in [0.25, 0.3) is 11.3 Å². The molecule has 1 N–H and O–H groups in total. The Morgan fingerprint density at radius 1 is 1.38 bits per heavy atom. The first-order valence-electron chi connectivity index (χ1n) is 8.87. The zero-order chi connectivity index (χ0) is 18.7. The summed E-state index contributed by atoms with van der Waals surface area (Å²) in [4.78, 5) is 13.5. The highest BCUT2D eigenvalue weighted by Gasteiger charge is 2.27. The molecule has 2 heterocycles. The van der Waals surface area contributed by atoms with Crippen LogP contribution in [0.3, 0.4) is 0 Å². The van der Waals surface area contributed by atoms with E-state index in [1.54, 1.807) is 13.0 Å². The topological polar surface area (TPSA) is 93.5 Å². The van der Waals surface area contributed by atoms with Crippen molar-refractivity contribution in [1.29, 1.82) is 0 Å². The van der Waals surface area contributed by atoms with Gasteiger partial charge in [-0.25, -0.2) is 0 Å². The van der Waals surface area contributed by atoms with Gasteiger partial charge in [-0.05, 0) is 26.0 Å². The molecule has 0 saturated carbocycles. The van der Waals surface area contributed by atoms with E-state index >= 15 is 0 Å². The lowest BCUT2D eigenvalue weighted by Gasteiger charge is -2.26. The third-order valence-electron chi connectivity index (χ3n) is 4.57. The van der Waals surface area contributed by atoms with Crippen molar-refractivity contribution in [2.75, 3.05) is 26.8 Å². The van der Waals surface area contributed by atoms with Gasteiger partial charge in [0.2, 0.25) is 5.75 Å². The van der Waals surface area contributed by atoms with E-state index in [-0.39, 0.29) is 11.4 Å². The molecule has 0 saturated heterocycles. The molecule has 0 atom stereocenters. The predicted octanol–water partition coefficient (Wildman–Crippen LogP) is 3.16. The fraction of sp³-hybridized carbons (Fsp3) is 0.500. The number of aromatic nitrogens is 2. The standard InChI is InChI=1S/C18H24N4O4/c1-4-7-21-8-6-14-13(11-21)17(20-19-14)12-9-15(22(23)24)18(26-5-2)16(10-12)25-3/h9-10H,4-8,11H2,1-3H3,(H,19,20). The maximum absolute atomic E-state index is 11.5. The van der Waals surface area contributed by atoms with Crippen molar-refractivity contribution < 1.29 is 14.4 Å². The minimum absolute atomic E-state index is 0.112. The van der Waals surface area contributed by atoms with E-state index < -0.39 is 4.92 Å². The number of H-pyrrole nitrogens is 1. The number of nitro groups is 1. The van der Waals surface area contributed by atoms with Gasteiger partial charge in [0.1, 0.15) is 0 Å². The molecule has 8 nitrogen and oxygen atoms in total. The van der Waals surface area contributed by atoms with E-state index in [1.165, 1.54) is 13.2 Å². The molecule has 8 heteroatoms. The Hall–Kier alpha value is -2.61. The van der Waals surface area contributed by atoms with Gasteiger partial charge in [-0.1, -0.05) is 6.92 Å². The molecule has 0 unspecified atom stereocenters. The molecule has 0 bridgehead atoms. The zero-order valence-electron chi connectivity index (χ0n) is 15.4. The van der Waals surface area contributed by atoms with Crippen LogP contribution in [0.5, 0.6) is 11.5 Å². The summed E-state index contributed by atoms with van der Waals surface area (Å²) >= 11 is 0. The lowest BCUT2D eigenvalue weighted by atomic mass is 10.00. The number of nitrogens with one attached hydrogen (secondary N) is 1. The highest BCUT2D eigenvalue weighted by atomic mass is 16.6. The first-order valence-corrected chi connectivity index (χ1v) is 8.87. The second kappa shape index (κ2) is 7.74. The van der Waals surface area contributed by atoms with E-state index in [2.05, 4.69) is 22.0 Å². The van der Waals surface area contributed by atoms with Crippen LogP contribution >= 0.6 is 0 Å². The van der Waals surface area contributed by atoms with Gasteiger partial charge in [-0.15, -0.1) is 0 Å². The average Bonchev–Trinajstić information content (AvgIpc) is 3.05. The van der Waals surface area contributed by atoms with Gasteiger partial charge in [0.25, 0.3) is 0 Å². The molecular formula is C18H24N4O4.